The standard InChI is InChI=1S/C13H12BrN3O/c14-11-6-2-1-5-10(11)9-12-16-13(18-17-12)7-3-4-8-15/h1-2,5-6H,3-4,7,9H2. The maximum Gasteiger partial charge on any atom is 0.226 e. The van der Waals surface area contributed by atoms with Crippen LogP contribution in [0.25, 0.3) is 0 Å². The molecule has 2 rings (SSSR count). The van der Waals surface area contributed by atoms with Crippen molar-refractivity contribution in [3.8, 4) is 6.07 Å². The Hall–Kier alpha value is -1.67. The average molecular weight is 306 g/mol. The predicted molar refractivity (Wildman–Crippen MR) is 69.8 cm³/mol. The summed E-state index contributed by atoms with van der Waals surface area (Å²) >= 11 is 3.49. The van der Waals surface area contributed by atoms with E-state index in [1.807, 2.05) is 24.3 Å². The number of halogens is 1. The minimum absolute atomic E-state index is 0.516. The quantitative estimate of drug-likeness (QED) is 0.795. The fourth-order valence-corrected chi connectivity index (χ4v) is 2.02. The van der Waals surface area contributed by atoms with Crippen LogP contribution >= 0.6 is 15.9 Å². The second kappa shape index (κ2) is 6.31. The van der Waals surface area contributed by atoms with Crippen LogP contribution in [0.1, 0.15) is 30.1 Å². The van der Waals surface area contributed by atoms with E-state index in [1.54, 1.807) is 0 Å². The second-order valence-electron chi connectivity index (χ2n) is 3.88. The molecule has 1 aromatic heterocycles. The molecule has 0 saturated heterocycles. The molecule has 0 radical (unpaired) electrons. The van der Waals surface area contributed by atoms with Gasteiger partial charge in [0.25, 0.3) is 0 Å². The molecule has 0 unspecified atom stereocenters. The Labute approximate surface area is 114 Å². The largest absolute Gasteiger partial charge is 0.339 e. The van der Waals surface area contributed by atoms with E-state index in [4.69, 9.17) is 9.78 Å². The molecule has 0 fully saturated rings. The summed E-state index contributed by atoms with van der Waals surface area (Å²) in [5, 5.41) is 12.4. The van der Waals surface area contributed by atoms with Gasteiger partial charge in [0.2, 0.25) is 5.89 Å². The van der Waals surface area contributed by atoms with E-state index in [9.17, 15) is 0 Å². The minimum Gasteiger partial charge on any atom is -0.339 e. The molecule has 0 N–H and O–H groups in total. The molecule has 0 atom stereocenters. The third kappa shape index (κ3) is 3.41. The van der Waals surface area contributed by atoms with Crippen LogP contribution in [0.5, 0.6) is 0 Å². The van der Waals surface area contributed by atoms with Gasteiger partial charge in [-0.1, -0.05) is 39.3 Å². The van der Waals surface area contributed by atoms with Gasteiger partial charge in [0.1, 0.15) is 0 Å². The first kappa shape index (κ1) is 12.8. The zero-order valence-corrected chi connectivity index (χ0v) is 11.4. The van der Waals surface area contributed by atoms with Gasteiger partial charge >= 0.3 is 0 Å². The average Bonchev–Trinajstić information content (AvgIpc) is 2.80. The molecule has 1 aromatic carbocycles. The van der Waals surface area contributed by atoms with E-state index in [0.29, 0.717) is 31.0 Å². The number of nitrogens with zero attached hydrogens (tertiary/aromatic N) is 3. The van der Waals surface area contributed by atoms with Crippen molar-refractivity contribution in [2.45, 2.75) is 25.7 Å². The molecule has 0 aliphatic rings. The van der Waals surface area contributed by atoms with E-state index < -0.39 is 0 Å². The van der Waals surface area contributed by atoms with Gasteiger partial charge in [-0.25, -0.2) is 0 Å². The van der Waals surface area contributed by atoms with Crippen LogP contribution in [0.15, 0.2) is 33.3 Å². The van der Waals surface area contributed by atoms with Crippen molar-refractivity contribution in [2.24, 2.45) is 0 Å². The molecule has 0 aliphatic carbocycles. The van der Waals surface area contributed by atoms with E-state index in [2.05, 4.69) is 32.1 Å². The molecule has 4 nitrogen and oxygen atoms in total. The summed E-state index contributed by atoms with van der Waals surface area (Å²) < 4.78 is 6.18. The first-order valence-corrected chi connectivity index (χ1v) is 6.50. The van der Waals surface area contributed by atoms with Crippen molar-refractivity contribution >= 4 is 15.9 Å². The maximum atomic E-state index is 8.45. The smallest absolute Gasteiger partial charge is 0.226 e. The first-order chi connectivity index (χ1) is 8.79. The summed E-state index contributed by atoms with van der Waals surface area (Å²) in [7, 11) is 0. The van der Waals surface area contributed by atoms with Crippen LogP contribution < -0.4 is 0 Å². The second-order valence-corrected chi connectivity index (χ2v) is 4.74. The van der Waals surface area contributed by atoms with Crippen LogP contribution in [0.3, 0.4) is 0 Å². The number of hydrogen-bond donors (Lipinski definition) is 0. The topological polar surface area (TPSA) is 62.7 Å². The lowest BCUT2D eigenvalue weighted by Crippen LogP contribution is -1.92. The van der Waals surface area contributed by atoms with Gasteiger partial charge in [-0.15, -0.1) is 0 Å². The Balaban J connectivity index is 1.99. The van der Waals surface area contributed by atoms with Crippen molar-refractivity contribution in [3.05, 3.63) is 46.0 Å². The summed E-state index contributed by atoms with van der Waals surface area (Å²) in [6, 6.07) is 10.1. The monoisotopic (exact) mass is 305 g/mol. The molecule has 0 spiro atoms. The predicted octanol–water partition coefficient (Wildman–Crippen LogP) is 3.27. The number of aryl methyl sites for hydroxylation is 1. The highest BCUT2D eigenvalue weighted by Gasteiger charge is 2.08. The number of benzene rings is 1. The summed E-state index contributed by atoms with van der Waals surface area (Å²) in [6.07, 6.45) is 2.58. The SMILES string of the molecule is N#CCCCc1nc(Cc2ccccc2Br)no1. The Bertz CT molecular complexity index is 559. The van der Waals surface area contributed by atoms with E-state index >= 15 is 0 Å². The van der Waals surface area contributed by atoms with E-state index in [1.165, 1.54) is 0 Å². The summed E-state index contributed by atoms with van der Waals surface area (Å²) in [4.78, 5) is 4.31. The van der Waals surface area contributed by atoms with Gasteiger partial charge in [0, 0.05) is 23.7 Å². The fraction of sp³-hybridized carbons (Fsp3) is 0.308. The highest BCUT2D eigenvalue weighted by Crippen LogP contribution is 2.18. The van der Waals surface area contributed by atoms with Gasteiger partial charge in [0.05, 0.1) is 6.07 Å². The summed E-state index contributed by atoms with van der Waals surface area (Å²) in [5.74, 6) is 1.28. The number of aromatic nitrogens is 2. The summed E-state index contributed by atoms with van der Waals surface area (Å²) in [5.41, 5.74) is 1.13. The van der Waals surface area contributed by atoms with Crippen LogP contribution in [0.4, 0.5) is 0 Å². The van der Waals surface area contributed by atoms with Gasteiger partial charge in [-0.2, -0.15) is 10.2 Å². The molecule has 92 valence electrons. The lowest BCUT2D eigenvalue weighted by Gasteiger charge is -1.99. The number of rotatable bonds is 5. The van der Waals surface area contributed by atoms with Gasteiger partial charge in [-0.3, -0.25) is 0 Å². The molecular formula is C13H12BrN3O. The third-order valence-corrected chi connectivity index (χ3v) is 3.27. The van der Waals surface area contributed by atoms with Gasteiger partial charge < -0.3 is 4.52 Å². The van der Waals surface area contributed by atoms with Gasteiger partial charge in [0.15, 0.2) is 5.82 Å². The van der Waals surface area contributed by atoms with E-state index in [-0.39, 0.29) is 0 Å². The minimum atomic E-state index is 0.516. The lowest BCUT2D eigenvalue weighted by molar-refractivity contribution is 0.371. The zero-order chi connectivity index (χ0) is 12.8. The molecule has 2 aromatic rings. The maximum absolute atomic E-state index is 8.45. The van der Waals surface area contributed by atoms with Crippen LogP contribution in [-0.4, -0.2) is 10.1 Å². The zero-order valence-electron chi connectivity index (χ0n) is 9.77. The third-order valence-electron chi connectivity index (χ3n) is 2.50. The Morgan fingerprint density at radius 1 is 1.33 bits per heavy atom. The Morgan fingerprint density at radius 3 is 2.94 bits per heavy atom. The Morgan fingerprint density at radius 2 is 2.17 bits per heavy atom. The highest BCUT2D eigenvalue weighted by atomic mass is 79.9. The first-order valence-electron chi connectivity index (χ1n) is 5.71. The fourth-order valence-electron chi connectivity index (χ4n) is 1.59. The van der Waals surface area contributed by atoms with Crippen LogP contribution in [0, 0.1) is 11.3 Å². The molecule has 18 heavy (non-hydrogen) atoms. The molecule has 0 amide bonds. The van der Waals surface area contributed by atoms with Crippen LogP contribution in [-0.2, 0) is 12.8 Å². The molecule has 5 heteroatoms. The normalized spacial score (nSPS) is 10.2. The number of unbranched alkanes of at least 4 members (excludes halogenated alkanes) is 1. The van der Waals surface area contributed by atoms with Crippen molar-refractivity contribution in [1.29, 1.82) is 5.26 Å². The summed E-state index contributed by atoms with van der Waals surface area (Å²) in [6.45, 7) is 0. The molecular weight excluding hydrogens is 294 g/mol. The van der Waals surface area contributed by atoms with Crippen molar-refractivity contribution in [2.75, 3.05) is 0 Å². The van der Waals surface area contributed by atoms with Crippen molar-refractivity contribution in [3.63, 3.8) is 0 Å². The van der Waals surface area contributed by atoms with Crippen molar-refractivity contribution < 1.29 is 4.52 Å². The van der Waals surface area contributed by atoms with Crippen molar-refractivity contribution in [1.82, 2.24) is 10.1 Å². The Kier molecular flexibility index (Phi) is 4.48. The molecule has 1 heterocycles. The molecule has 0 aliphatic heterocycles. The molecule has 0 saturated carbocycles. The number of nitriles is 1. The van der Waals surface area contributed by atoms with Crippen LogP contribution in [0.2, 0.25) is 0 Å². The number of hydrogen-bond acceptors (Lipinski definition) is 4. The highest BCUT2D eigenvalue weighted by molar-refractivity contribution is 9.10. The lowest BCUT2D eigenvalue weighted by atomic mass is 10.1. The van der Waals surface area contributed by atoms with E-state index in [0.717, 1.165) is 16.5 Å². The molecule has 0 bridgehead atoms. The van der Waals surface area contributed by atoms with Gasteiger partial charge in [-0.05, 0) is 18.1 Å².